The average Bonchev–Trinajstić information content (AvgIpc) is 3.23. The molecule has 1 fully saturated rings. The standard InChI is InChI=1S/C17H21N5O4/c1-3-25-17(24)15-12-9-21(16(23)14-10(2)19-26-20-14)7-6-13(12)22(18-15)8-11-4-5-11/h11H,3-9H2,1-2H3. The summed E-state index contributed by atoms with van der Waals surface area (Å²) in [5.74, 6) is -0.0522. The van der Waals surface area contributed by atoms with Crippen molar-refractivity contribution in [1.29, 1.82) is 0 Å². The normalized spacial score (nSPS) is 16.5. The zero-order chi connectivity index (χ0) is 18.3. The van der Waals surface area contributed by atoms with Gasteiger partial charge < -0.3 is 9.64 Å². The summed E-state index contributed by atoms with van der Waals surface area (Å²) in [7, 11) is 0. The highest BCUT2D eigenvalue weighted by molar-refractivity contribution is 5.94. The number of hydrogen-bond donors (Lipinski definition) is 0. The molecule has 0 atom stereocenters. The Morgan fingerprint density at radius 1 is 1.27 bits per heavy atom. The molecule has 0 bridgehead atoms. The second-order valence-electron chi connectivity index (χ2n) is 6.79. The molecule has 26 heavy (non-hydrogen) atoms. The number of ether oxygens (including phenoxy) is 1. The van der Waals surface area contributed by atoms with Crippen molar-refractivity contribution in [2.45, 2.75) is 46.2 Å². The molecule has 3 heterocycles. The maximum Gasteiger partial charge on any atom is 0.359 e. The predicted octanol–water partition coefficient (Wildman–Crippen LogP) is 1.36. The fraction of sp³-hybridized carbons (Fsp3) is 0.588. The first kappa shape index (κ1) is 16.7. The zero-order valence-corrected chi connectivity index (χ0v) is 14.9. The Hall–Kier alpha value is -2.71. The van der Waals surface area contributed by atoms with Gasteiger partial charge in [0.1, 0.15) is 5.69 Å². The summed E-state index contributed by atoms with van der Waals surface area (Å²) in [6.07, 6.45) is 3.05. The number of aryl methyl sites for hydroxylation is 1. The highest BCUT2D eigenvalue weighted by Crippen LogP contribution is 2.33. The van der Waals surface area contributed by atoms with Crippen LogP contribution in [-0.2, 0) is 24.2 Å². The molecule has 2 aliphatic rings. The Bertz CT molecular complexity index is 851. The lowest BCUT2D eigenvalue weighted by Crippen LogP contribution is -2.37. The molecule has 4 rings (SSSR count). The average molecular weight is 359 g/mol. The van der Waals surface area contributed by atoms with Crippen molar-refractivity contribution in [3.8, 4) is 0 Å². The first-order valence-electron chi connectivity index (χ1n) is 8.92. The quantitative estimate of drug-likeness (QED) is 0.743. The number of carbonyl (C=O) groups excluding carboxylic acids is 2. The van der Waals surface area contributed by atoms with Crippen LogP contribution in [0.25, 0.3) is 0 Å². The van der Waals surface area contributed by atoms with Crippen LogP contribution in [0.1, 0.15) is 57.7 Å². The van der Waals surface area contributed by atoms with E-state index in [1.807, 2.05) is 4.68 Å². The summed E-state index contributed by atoms with van der Waals surface area (Å²) in [5, 5.41) is 11.9. The van der Waals surface area contributed by atoms with Crippen LogP contribution in [-0.4, -0.2) is 50.0 Å². The summed E-state index contributed by atoms with van der Waals surface area (Å²) in [6, 6.07) is 0. The smallest absolute Gasteiger partial charge is 0.359 e. The van der Waals surface area contributed by atoms with Gasteiger partial charge in [-0.2, -0.15) is 5.10 Å². The van der Waals surface area contributed by atoms with Crippen LogP contribution in [0.2, 0.25) is 0 Å². The van der Waals surface area contributed by atoms with Gasteiger partial charge in [-0.1, -0.05) is 5.16 Å². The third-order valence-electron chi connectivity index (χ3n) is 4.87. The molecule has 0 spiro atoms. The molecule has 1 aliphatic carbocycles. The predicted molar refractivity (Wildman–Crippen MR) is 88.4 cm³/mol. The topological polar surface area (TPSA) is 103 Å². The molecular weight excluding hydrogens is 338 g/mol. The maximum atomic E-state index is 12.7. The summed E-state index contributed by atoms with van der Waals surface area (Å²) >= 11 is 0. The number of carbonyl (C=O) groups is 2. The molecule has 0 aromatic carbocycles. The molecule has 138 valence electrons. The second kappa shape index (κ2) is 6.54. The number of aromatic nitrogens is 4. The van der Waals surface area contributed by atoms with E-state index in [9.17, 15) is 9.59 Å². The molecule has 2 aromatic heterocycles. The second-order valence-corrected chi connectivity index (χ2v) is 6.79. The lowest BCUT2D eigenvalue weighted by atomic mass is 10.0. The van der Waals surface area contributed by atoms with Crippen LogP contribution in [0.15, 0.2) is 4.63 Å². The molecule has 9 heteroatoms. The van der Waals surface area contributed by atoms with Crippen LogP contribution in [0, 0.1) is 12.8 Å². The van der Waals surface area contributed by atoms with E-state index in [0.717, 1.165) is 17.8 Å². The number of hydrogen-bond acceptors (Lipinski definition) is 7. The minimum absolute atomic E-state index is 0.205. The van der Waals surface area contributed by atoms with E-state index in [2.05, 4.69) is 20.0 Å². The molecule has 2 aromatic rings. The Labute approximate surface area is 150 Å². The third kappa shape index (κ3) is 2.97. The van der Waals surface area contributed by atoms with Crippen molar-refractivity contribution in [3.63, 3.8) is 0 Å². The molecule has 0 N–H and O–H groups in total. The SMILES string of the molecule is CCOC(=O)c1nn(CC2CC2)c2c1CN(C(=O)c1nonc1C)CC2. The largest absolute Gasteiger partial charge is 0.461 e. The van der Waals surface area contributed by atoms with Gasteiger partial charge in [-0.05, 0) is 37.8 Å². The van der Waals surface area contributed by atoms with Crippen LogP contribution >= 0.6 is 0 Å². The van der Waals surface area contributed by atoms with Gasteiger partial charge in [0.05, 0.1) is 13.2 Å². The number of amides is 1. The number of nitrogens with zero attached hydrogens (tertiary/aromatic N) is 5. The first-order valence-corrected chi connectivity index (χ1v) is 8.92. The van der Waals surface area contributed by atoms with Crippen molar-refractivity contribution in [3.05, 3.63) is 28.3 Å². The molecule has 9 nitrogen and oxygen atoms in total. The molecule has 0 saturated heterocycles. The van der Waals surface area contributed by atoms with E-state index in [1.165, 1.54) is 12.8 Å². The van der Waals surface area contributed by atoms with Gasteiger partial charge in [-0.15, -0.1) is 0 Å². The minimum atomic E-state index is -0.438. The Morgan fingerprint density at radius 2 is 2.08 bits per heavy atom. The highest BCUT2D eigenvalue weighted by Gasteiger charge is 2.34. The van der Waals surface area contributed by atoms with Gasteiger partial charge >= 0.3 is 5.97 Å². The van der Waals surface area contributed by atoms with E-state index in [-0.39, 0.29) is 18.2 Å². The van der Waals surface area contributed by atoms with Gasteiger partial charge in [-0.25, -0.2) is 9.42 Å². The van der Waals surface area contributed by atoms with Crippen molar-refractivity contribution in [2.75, 3.05) is 13.2 Å². The van der Waals surface area contributed by atoms with Crippen molar-refractivity contribution >= 4 is 11.9 Å². The van der Waals surface area contributed by atoms with Crippen molar-refractivity contribution < 1.29 is 19.0 Å². The summed E-state index contributed by atoms with van der Waals surface area (Å²) in [4.78, 5) is 26.7. The van der Waals surface area contributed by atoms with Gasteiger partial charge in [0, 0.05) is 30.8 Å². The van der Waals surface area contributed by atoms with Gasteiger partial charge in [0.25, 0.3) is 5.91 Å². The van der Waals surface area contributed by atoms with E-state index >= 15 is 0 Å². The molecule has 0 unspecified atom stereocenters. The van der Waals surface area contributed by atoms with Crippen LogP contribution in [0.3, 0.4) is 0 Å². The number of fused-ring (bicyclic) bond motifs is 1. The Kier molecular flexibility index (Phi) is 4.21. The highest BCUT2D eigenvalue weighted by atomic mass is 16.6. The minimum Gasteiger partial charge on any atom is -0.461 e. The molecule has 0 radical (unpaired) electrons. The summed E-state index contributed by atoms with van der Waals surface area (Å²) in [6.45, 7) is 5.39. The fourth-order valence-corrected chi connectivity index (χ4v) is 3.30. The van der Waals surface area contributed by atoms with Crippen LogP contribution in [0.4, 0.5) is 0 Å². The van der Waals surface area contributed by atoms with Crippen molar-refractivity contribution in [1.82, 2.24) is 25.0 Å². The molecule has 1 amide bonds. The van der Waals surface area contributed by atoms with E-state index < -0.39 is 5.97 Å². The van der Waals surface area contributed by atoms with Crippen LogP contribution in [0.5, 0.6) is 0 Å². The Morgan fingerprint density at radius 3 is 2.73 bits per heavy atom. The molecule has 1 saturated carbocycles. The zero-order valence-electron chi connectivity index (χ0n) is 14.9. The maximum absolute atomic E-state index is 12.7. The number of esters is 1. The lowest BCUT2D eigenvalue weighted by molar-refractivity contribution is 0.0512. The van der Waals surface area contributed by atoms with E-state index in [4.69, 9.17) is 4.74 Å². The Balaban J connectivity index is 1.63. The molecular formula is C17H21N5O4. The summed E-state index contributed by atoms with van der Waals surface area (Å²) < 4.78 is 11.7. The van der Waals surface area contributed by atoms with Gasteiger partial charge in [0.2, 0.25) is 0 Å². The monoisotopic (exact) mass is 359 g/mol. The molecule has 1 aliphatic heterocycles. The van der Waals surface area contributed by atoms with Crippen molar-refractivity contribution in [2.24, 2.45) is 5.92 Å². The first-order chi connectivity index (χ1) is 12.6. The van der Waals surface area contributed by atoms with Gasteiger partial charge in [-0.3, -0.25) is 9.48 Å². The van der Waals surface area contributed by atoms with Crippen LogP contribution < -0.4 is 0 Å². The van der Waals surface area contributed by atoms with E-state index in [1.54, 1.807) is 18.7 Å². The summed E-state index contributed by atoms with van der Waals surface area (Å²) in [5.41, 5.74) is 2.78. The van der Waals surface area contributed by atoms with Gasteiger partial charge in [0.15, 0.2) is 11.4 Å². The number of rotatable bonds is 5. The fourth-order valence-electron chi connectivity index (χ4n) is 3.30. The lowest BCUT2D eigenvalue weighted by Gasteiger charge is -2.27. The van der Waals surface area contributed by atoms with E-state index in [0.29, 0.717) is 36.8 Å². The third-order valence-corrected chi connectivity index (χ3v) is 4.87.